The van der Waals surface area contributed by atoms with Crippen molar-refractivity contribution >= 4 is 5.97 Å². The molecule has 2 rings (SSSR count). The average molecular weight is 219 g/mol. The van der Waals surface area contributed by atoms with Crippen LogP contribution in [0.4, 0.5) is 4.39 Å². The number of carbonyl (C=O) groups is 1. The molecule has 0 saturated carbocycles. The number of aromatic nitrogens is 1. The highest BCUT2D eigenvalue weighted by molar-refractivity contribution is 5.95. The molecule has 0 spiro atoms. The van der Waals surface area contributed by atoms with E-state index in [4.69, 9.17) is 5.11 Å². The number of carboxylic acid groups (broad SMARTS) is 1. The lowest BCUT2D eigenvalue weighted by Gasteiger charge is -1.99. The second-order valence-corrected chi connectivity index (χ2v) is 3.56. The number of aromatic carboxylic acids is 1. The van der Waals surface area contributed by atoms with Gasteiger partial charge < -0.3 is 9.67 Å². The monoisotopic (exact) mass is 219 g/mol. The van der Waals surface area contributed by atoms with E-state index in [0.717, 1.165) is 0 Å². The molecule has 4 heteroatoms. The second kappa shape index (κ2) is 3.81. The number of carboxylic acids is 1. The van der Waals surface area contributed by atoms with Gasteiger partial charge in [0.05, 0.1) is 5.56 Å². The van der Waals surface area contributed by atoms with Gasteiger partial charge in [-0.1, -0.05) is 12.1 Å². The van der Waals surface area contributed by atoms with E-state index in [1.54, 1.807) is 29.9 Å². The molecule has 0 fully saturated rings. The van der Waals surface area contributed by atoms with E-state index in [2.05, 4.69) is 0 Å². The van der Waals surface area contributed by atoms with Crippen molar-refractivity contribution in [3.8, 4) is 11.1 Å². The van der Waals surface area contributed by atoms with E-state index < -0.39 is 5.97 Å². The number of halogens is 1. The minimum Gasteiger partial charge on any atom is -0.478 e. The van der Waals surface area contributed by atoms with Gasteiger partial charge >= 0.3 is 5.97 Å². The molecule has 0 unspecified atom stereocenters. The molecule has 0 aliphatic heterocycles. The predicted octanol–water partition coefficient (Wildman–Crippen LogP) is 2.53. The van der Waals surface area contributed by atoms with Crippen molar-refractivity contribution in [3.05, 3.63) is 48.0 Å². The Hall–Kier alpha value is -2.10. The van der Waals surface area contributed by atoms with Crippen molar-refractivity contribution in [2.24, 2.45) is 7.05 Å². The summed E-state index contributed by atoms with van der Waals surface area (Å²) in [6, 6.07) is 5.76. The third-order valence-corrected chi connectivity index (χ3v) is 2.34. The van der Waals surface area contributed by atoms with Crippen LogP contribution in [0.3, 0.4) is 0 Å². The van der Waals surface area contributed by atoms with Gasteiger partial charge in [-0.3, -0.25) is 0 Å². The Kier molecular flexibility index (Phi) is 2.48. The van der Waals surface area contributed by atoms with Crippen LogP contribution in [0.5, 0.6) is 0 Å². The van der Waals surface area contributed by atoms with Crippen molar-refractivity contribution < 1.29 is 14.3 Å². The average Bonchev–Trinajstić information content (AvgIpc) is 2.61. The quantitative estimate of drug-likeness (QED) is 0.843. The second-order valence-electron chi connectivity index (χ2n) is 3.56. The maximum Gasteiger partial charge on any atom is 0.337 e. The number of rotatable bonds is 2. The lowest BCUT2D eigenvalue weighted by molar-refractivity contribution is 0.0697. The normalized spacial score (nSPS) is 10.4. The summed E-state index contributed by atoms with van der Waals surface area (Å²) in [4.78, 5) is 11.0. The maximum absolute atomic E-state index is 12.7. The van der Waals surface area contributed by atoms with Gasteiger partial charge in [0, 0.05) is 25.0 Å². The fraction of sp³-hybridized carbons (Fsp3) is 0.0833. The standard InChI is InChI=1S/C12H10FNO2/c1-14-6-10(11(7-14)12(15)16)8-2-4-9(13)5-3-8/h2-7H,1H3,(H,15,16). The molecule has 0 radical (unpaired) electrons. The van der Waals surface area contributed by atoms with Crippen LogP contribution >= 0.6 is 0 Å². The van der Waals surface area contributed by atoms with Gasteiger partial charge in [-0.15, -0.1) is 0 Å². The predicted molar refractivity (Wildman–Crippen MR) is 57.8 cm³/mol. The highest BCUT2D eigenvalue weighted by atomic mass is 19.1. The Labute approximate surface area is 91.8 Å². The summed E-state index contributed by atoms with van der Waals surface area (Å²) >= 11 is 0. The molecule has 1 N–H and O–H groups in total. The highest BCUT2D eigenvalue weighted by Crippen LogP contribution is 2.24. The summed E-state index contributed by atoms with van der Waals surface area (Å²) in [5, 5.41) is 9.01. The van der Waals surface area contributed by atoms with Crippen LogP contribution in [0.15, 0.2) is 36.7 Å². The highest BCUT2D eigenvalue weighted by Gasteiger charge is 2.13. The zero-order valence-corrected chi connectivity index (χ0v) is 8.64. The molecule has 2 aromatic rings. The van der Waals surface area contributed by atoms with Gasteiger partial charge in [-0.25, -0.2) is 9.18 Å². The van der Waals surface area contributed by atoms with Gasteiger partial charge in [0.25, 0.3) is 0 Å². The molecule has 0 bridgehead atoms. The fourth-order valence-electron chi connectivity index (χ4n) is 1.61. The van der Waals surface area contributed by atoms with Crippen LogP contribution in [-0.2, 0) is 7.05 Å². The van der Waals surface area contributed by atoms with Gasteiger partial charge in [-0.05, 0) is 17.7 Å². The first-order chi connectivity index (χ1) is 7.58. The van der Waals surface area contributed by atoms with Crippen LogP contribution in [0.25, 0.3) is 11.1 Å². The summed E-state index contributed by atoms with van der Waals surface area (Å²) < 4.78 is 14.4. The molecular weight excluding hydrogens is 209 g/mol. The van der Waals surface area contributed by atoms with Crippen LogP contribution < -0.4 is 0 Å². The smallest absolute Gasteiger partial charge is 0.337 e. The van der Waals surface area contributed by atoms with Crippen molar-refractivity contribution in [2.45, 2.75) is 0 Å². The number of hydrogen-bond acceptors (Lipinski definition) is 1. The molecule has 16 heavy (non-hydrogen) atoms. The molecule has 0 atom stereocenters. The minimum absolute atomic E-state index is 0.217. The molecular formula is C12H10FNO2. The molecule has 0 saturated heterocycles. The third kappa shape index (κ3) is 1.82. The van der Waals surface area contributed by atoms with Crippen molar-refractivity contribution in [1.82, 2.24) is 4.57 Å². The number of hydrogen-bond donors (Lipinski definition) is 1. The van der Waals surface area contributed by atoms with E-state index in [1.807, 2.05) is 0 Å². The number of aryl methyl sites for hydroxylation is 1. The third-order valence-electron chi connectivity index (χ3n) is 2.34. The Bertz CT molecular complexity index is 528. The van der Waals surface area contributed by atoms with E-state index >= 15 is 0 Å². The zero-order chi connectivity index (χ0) is 11.7. The molecule has 0 aliphatic rings. The molecule has 3 nitrogen and oxygen atoms in total. The van der Waals surface area contributed by atoms with Crippen molar-refractivity contribution in [1.29, 1.82) is 0 Å². The lowest BCUT2D eigenvalue weighted by Crippen LogP contribution is -1.96. The Morgan fingerprint density at radius 2 is 1.88 bits per heavy atom. The Morgan fingerprint density at radius 3 is 2.44 bits per heavy atom. The van der Waals surface area contributed by atoms with Gasteiger partial charge in [0.15, 0.2) is 0 Å². The van der Waals surface area contributed by atoms with Crippen LogP contribution in [-0.4, -0.2) is 15.6 Å². The summed E-state index contributed by atoms with van der Waals surface area (Å²) in [5.74, 6) is -1.32. The first-order valence-electron chi connectivity index (χ1n) is 4.73. The first kappa shape index (κ1) is 10.4. The Morgan fingerprint density at radius 1 is 1.25 bits per heavy atom. The van der Waals surface area contributed by atoms with Crippen molar-refractivity contribution in [2.75, 3.05) is 0 Å². The topological polar surface area (TPSA) is 42.2 Å². The minimum atomic E-state index is -0.986. The maximum atomic E-state index is 12.7. The van der Waals surface area contributed by atoms with E-state index in [-0.39, 0.29) is 11.4 Å². The number of benzene rings is 1. The molecule has 1 heterocycles. The number of nitrogens with zero attached hydrogens (tertiary/aromatic N) is 1. The summed E-state index contributed by atoms with van der Waals surface area (Å²) in [5.41, 5.74) is 1.50. The van der Waals surface area contributed by atoms with Gasteiger partial charge in [0.2, 0.25) is 0 Å². The summed E-state index contributed by atoms with van der Waals surface area (Å²) in [6.07, 6.45) is 3.23. The fourth-order valence-corrected chi connectivity index (χ4v) is 1.61. The molecule has 1 aromatic heterocycles. The molecule has 0 aliphatic carbocycles. The first-order valence-corrected chi connectivity index (χ1v) is 4.73. The van der Waals surface area contributed by atoms with E-state index in [1.165, 1.54) is 18.3 Å². The SMILES string of the molecule is Cn1cc(C(=O)O)c(-c2ccc(F)cc2)c1. The lowest BCUT2D eigenvalue weighted by atomic mass is 10.1. The largest absolute Gasteiger partial charge is 0.478 e. The van der Waals surface area contributed by atoms with Gasteiger partial charge in [-0.2, -0.15) is 0 Å². The summed E-state index contributed by atoms with van der Waals surface area (Å²) in [6.45, 7) is 0. The van der Waals surface area contributed by atoms with Crippen molar-refractivity contribution in [3.63, 3.8) is 0 Å². The molecule has 82 valence electrons. The zero-order valence-electron chi connectivity index (χ0n) is 8.64. The summed E-state index contributed by atoms with van der Waals surface area (Å²) in [7, 11) is 1.75. The Balaban J connectivity index is 2.55. The van der Waals surface area contributed by atoms with E-state index in [9.17, 15) is 9.18 Å². The van der Waals surface area contributed by atoms with Crippen LogP contribution in [0, 0.1) is 5.82 Å². The van der Waals surface area contributed by atoms with Gasteiger partial charge in [0.1, 0.15) is 5.82 Å². The van der Waals surface area contributed by atoms with Crippen LogP contribution in [0.1, 0.15) is 10.4 Å². The molecule has 1 aromatic carbocycles. The molecule has 0 amide bonds. The van der Waals surface area contributed by atoms with Crippen LogP contribution in [0.2, 0.25) is 0 Å². The van der Waals surface area contributed by atoms with E-state index in [0.29, 0.717) is 11.1 Å².